The summed E-state index contributed by atoms with van der Waals surface area (Å²) in [7, 11) is 0. The summed E-state index contributed by atoms with van der Waals surface area (Å²) in [5, 5.41) is 7.17. The van der Waals surface area contributed by atoms with Crippen molar-refractivity contribution in [2.75, 3.05) is 18.0 Å². The number of aryl methyl sites for hydroxylation is 1. The molecule has 1 aliphatic rings. The van der Waals surface area contributed by atoms with Crippen LogP contribution in [0.25, 0.3) is 11.3 Å². The first-order valence-corrected chi connectivity index (χ1v) is 9.53. The maximum atomic E-state index is 12.2. The maximum Gasteiger partial charge on any atom is 0.225 e. The Hall–Kier alpha value is -3.29. The molecule has 1 saturated heterocycles. The molecule has 3 aromatic rings. The number of hydrogen-bond donors (Lipinski definition) is 1. The van der Waals surface area contributed by atoms with Crippen LogP contribution < -0.4 is 10.2 Å². The molecule has 1 amide bonds. The highest BCUT2D eigenvalue weighted by molar-refractivity contribution is 5.76. The zero-order valence-electron chi connectivity index (χ0n) is 15.6. The van der Waals surface area contributed by atoms with Gasteiger partial charge in [-0.25, -0.2) is 15.0 Å². The van der Waals surface area contributed by atoms with Crippen LogP contribution in [-0.2, 0) is 11.3 Å². The molecule has 8 nitrogen and oxygen atoms in total. The molecule has 0 bridgehead atoms. The van der Waals surface area contributed by atoms with Gasteiger partial charge in [-0.1, -0.05) is 30.3 Å². The number of benzene rings is 1. The molecule has 1 atom stereocenters. The highest BCUT2D eigenvalue weighted by Gasteiger charge is 2.25. The molecule has 0 saturated carbocycles. The maximum absolute atomic E-state index is 12.2. The van der Waals surface area contributed by atoms with Crippen LogP contribution in [-0.4, -0.2) is 49.8 Å². The fourth-order valence-electron chi connectivity index (χ4n) is 3.38. The minimum atomic E-state index is 0.0749. The molecule has 0 spiro atoms. The lowest BCUT2D eigenvalue weighted by Crippen LogP contribution is -2.37. The van der Waals surface area contributed by atoms with Crippen molar-refractivity contribution in [3.05, 3.63) is 55.2 Å². The Morgan fingerprint density at radius 3 is 2.93 bits per heavy atom. The average Bonchev–Trinajstić information content (AvgIpc) is 3.41. The average molecular weight is 377 g/mol. The van der Waals surface area contributed by atoms with Crippen LogP contribution in [0.1, 0.15) is 19.3 Å². The van der Waals surface area contributed by atoms with Gasteiger partial charge in [-0.15, -0.1) is 0 Å². The number of hydrogen-bond acceptors (Lipinski definition) is 6. The van der Waals surface area contributed by atoms with Crippen molar-refractivity contribution in [2.24, 2.45) is 0 Å². The zero-order chi connectivity index (χ0) is 19.2. The van der Waals surface area contributed by atoms with E-state index in [9.17, 15) is 4.79 Å². The van der Waals surface area contributed by atoms with Gasteiger partial charge in [0.2, 0.25) is 11.9 Å². The van der Waals surface area contributed by atoms with Crippen LogP contribution in [0.2, 0.25) is 0 Å². The van der Waals surface area contributed by atoms with Gasteiger partial charge in [-0.05, 0) is 18.9 Å². The lowest BCUT2D eigenvalue weighted by atomic mass is 10.1. The summed E-state index contributed by atoms with van der Waals surface area (Å²) >= 11 is 0. The van der Waals surface area contributed by atoms with Gasteiger partial charge in [0.15, 0.2) is 0 Å². The number of carbonyl (C=O) groups is 1. The third kappa shape index (κ3) is 4.51. The molecular formula is C20H23N7O. The number of anilines is 1. The monoisotopic (exact) mass is 377 g/mol. The van der Waals surface area contributed by atoms with Gasteiger partial charge in [0, 0.05) is 43.9 Å². The van der Waals surface area contributed by atoms with Gasteiger partial charge in [0.05, 0.1) is 5.69 Å². The van der Waals surface area contributed by atoms with Crippen LogP contribution in [0.5, 0.6) is 0 Å². The van der Waals surface area contributed by atoms with E-state index in [4.69, 9.17) is 4.98 Å². The van der Waals surface area contributed by atoms with E-state index in [1.807, 2.05) is 36.4 Å². The molecule has 0 radical (unpaired) electrons. The lowest BCUT2D eigenvalue weighted by Gasteiger charge is -2.17. The van der Waals surface area contributed by atoms with Crippen molar-refractivity contribution in [2.45, 2.75) is 31.8 Å². The van der Waals surface area contributed by atoms with E-state index in [0.717, 1.165) is 37.2 Å². The molecule has 1 N–H and O–H groups in total. The molecule has 4 rings (SSSR count). The fourth-order valence-corrected chi connectivity index (χ4v) is 3.38. The summed E-state index contributed by atoms with van der Waals surface area (Å²) < 4.78 is 1.74. The van der Waals surface area contributed by atoms with Crippen molar-refractivity contribution >= 4 is 11.9 Å². The molecule has 1 aromatic carbocycles. The fraction of sp³-hybridized carbons (Fsp3) is 0.350. The van der Waals surface area contributed by atoms with Crippen LogP contribution in [0.3, 0.4) is 0 Å². The molecule has 1 unspecified atom stereocenters. The second-order valence-corrected chi connectivity index (χ2v) is 6.87. The van der Waals surface area contributed by atoms with Crippen molar-refractivity contribution in [3.8, 4) is 11.3 Å². The van der Waals surface area contributed by atoms with E-state index < -0.39 is 0 Å². The Balaban J connectivity index is 1.29. The summed E-state index contributed by atoms with van der Waals surface area (Å²) in [5.74, 6) is 0.787. The largest absolute Gasteiger partial charge is 0.352 e. The molecule has 1 fully saturated rings. The number of amides is 1. The summed E-state index contributed by atoms with van der Waals surface area (Å²) in [4.78, 5) is 27.4. The van der Waals surface area contributed by atoms with E-state index in [1.54, 1.807) is 17.2 Å². The number of nitrogens with one attached hydrogen (secondary N) is 1. The number of carbonyl (C=O) groups excluding carboxylic acids is 1. The first-order valence-electron chi connectivity index (χ1n) is 9.53. The number of aromatic nitrogens is 5. The van der Waals surface area contributed by atoms with Gasteiger partial charge in [-0.2, -0.15) is 5.10 Å². The molecule has 2 aromatic heterocycles. The predicted molar refractivity (Wildman–Crippen MR) is 105 cm³/mol. The second-order valence-electron chi connectivity index (χ2n) is 6.87. The highest BCUT2D eigenvalue weighted by Crippen LogP contribution is 2.21. The zero-order valence-corrected chi connectivity index (χ0v) is 15.6. The summed E-state index contributed by atoms with van der Waals surface area (Å²) in [6.07, 6.45) is 7.08. The van der Waals surface area contributed by atoms with Crippen molar-refractivity contribution < 1.29 is 4.79 Å². The Kier molecular flexibility index (Phi) is 5.56. The SMILES string of the molecule is O=C(CCCn1cncn1)NC1CCN(c2nccc(-c3ccccc3)n2)C1. The summed E-state index contributed by atoms with van der Waals surface area (Å²) in [6, 6.07) is 12.1. The van der Waals surface area contributed by atoms with E-state index in [-0.39, 0.29) is 11.9 Å². The van der Waals surface area contributed by atoms with E-state index in [2.05, 4.69) is 25.3 Å². The molecular weight excluding hydrogens is 354 g/mol. The number of nitrogens with zero attached hydrogens (tertiary/aromatic N) is 6. The van der Waals surface area contributed by atoms with Gasteiger partial charge >= 0.3 is 0 Å². The Morgan fingerprint density at radius 1 is 1.21 bits per heavy atom. The van der Waals surface area contributed by atoms with Crippen LogP contribution in [0, 0.1) is 0 Å². The van der Waals surface area contributed by atoms with Crippen LogP contribution >= 0.6 is 0 Å². The first-order chi connectivity index (χ1) is 13.8. The Bertz CT molecular complexity index is 898. The first kappa shape index (κ1) is 18.1. The molecule has 28 heavy (non-hydrogen) atoms. The quantitative estimate of drug-likeness (QED) is 0.677. The van der Waals surface area contributed by atoms with Crippen LogP contribution in [0.4, 0.5) is 5.95 Å². The Morgan fingerprint density at radius 2 is 2.11 bits per heavy atom. The van der Waals surface area contributed by atoms with Gasteiger partial charge < -0.3 is 10.2 Å². The van der Waals surface area contributed by atoms with E-state index in [1.165, 1.54) is 6.33 Å². The van der Waals surface area contributed by atoms with E-state index in [0.29, 0.717) is 18.9 Å². The second kappa shape index (κ2) is 8.60. The topological polar surface area (TPSA) is 88.8 Å². The molecule has 3 heterocycles. The summed E-state index contributed by atoms with van der Waals surface area (Å²) in [5.41, 5.74) is 1.98. The molecule has 1 aliphatic heterocycles. The lowest BCUT2D eigenvalue weighted by molar-refractivity contribution is -0.121. The Labute approximate surface area is 163 Å². The standard InChI is InChI=1S/C20H23N7O/c28-19(7-4-11-27-15-21-14-23-27)24-17-9-12-26(13-17)20-22-10-8-18(25-20)16-5-2-1-3-6-16/h1-3,5-6,8,10,14-15,17H,4,7,9,11-13H2,(H,24,28). The van der Waals surface area contributed by atoms with Gasteiger partial charge in [0.1, 0.15) is 12.7 Å². The molecule has 8 heteroatoms. The number of rotatable bonds is 7. The van der Waals surface area contributed by atoms with Crippen LogP contribution in [0.15, 0.2) is 55.2 Å². The predicted octanol–water partition coefficient (Wildman–Crippen LogP) is 1.91. The third-order valence-corrected chi connectivity index (χ3v) is 4.81. The molecule has 144 valence electrons. The summed E-state index contributed by atoms with van der Waals surface area (Å²) in [6.45, 7) is 2.26. The van der Waals surface area contributed by atoms with Gasteiger partial charge in [0.25, 0.3) is 0 Å². The van der Waals surface area contributed by atoms with E-state index >= 15 is 0 Å². The minimum Gasteiger partial charge on any atom is -0.352 e. The minimum absolute atomic E-state index is 0.0749. The third-order valence-electron chi connectivity index (χ3n) is 4.81. The van der Waals surface area contributed by atoms with Crippen molar-refractivity contribution in [1.29, 1.82) is 0 Å². The van der Waals surface area contributed by atoms with Gasteiger partial charge in [-0.3, -0.25) is 9.48 Å². The highest BCUT2D eigenvalue weighted by atomic mass is 16.1. The normalized spacial score (nSPS) is 16.3. The smallest absolute Gasteiger partial charge is 0.225 e. The van der Waals surface area contributed by atoms with Crippen molar-refractivity contribution in [1.82, 2.24) is 30.0 Å². The van der Waals surface area contributed by atoms with Crippen molar-refractivity contribution in [3.63, 3.8) is 0 Å². The molecule has 0 aliphatic carbocycles.